The number of benzene rings is 1. The summed E-state index contributed by atoms with van der Waals surface area (Å²) in [5, 5.41) is 0.780. The van der Waals surface area contributed by atoms with E-state index in [2.05, 4.69) is 11.0 Å². The van der Waals surface area contributed by atoms with Crippen LogP contribution in [-0.2, 0) is 6.54 Å². The predicted molar refractivity (Wildman–Crippen MR) is 78.2 cm³/mol. The zero-order chi connectivity index (χ0) is 13.8. The molecule has 0 saturated carbocycles. The Labute approximate surface area is 119 Å². The Morgan fingerprint density at radius 2 is 2.16 bits per heavy atom. The molecule has 0 aliphatic rings. The minimum Gasteiger partial charge on any atom is -0.468 e. The zero-order valence-electron chi connectivity index (χ0n) is 11.3. The molecule has 0 saturated heterocycles. The van der Waals surface area contributed by atoms with Crippen molar-refractivity contribution in [2.45, 2.75) is 19.5 Å². The number of likely N-dealkylation sites (N-methyl/N-ethyl adjacent to an activating group) is 1. The van der Waals surface area contributed by atoms with Gasteiger partial charge in [-0.25, -0.2) is 0 Å². The second-order valence-electron chi connectivity index (χ2n) is 4.75. The van der Waals surface area contributed by atoms with Gasteiger partial charge < -0.3 is 10.2 Å². The maximum absolute atomic E-state index is 6.18. The molecule has 2 rings (SSSR count). The third-order valence-electron chi connectivity index (χ3n) is 3.32. The smallest absolute Gasteiger partial charge is 0.117 e. The van der Waals surface area contributed by atoms with Gasteiger partial charge in [-0.3, -0.25) is 4.90 Å². The lowest BCUT2D eigenvalue weighted by Crippen LogP contribution is -2.30. The molecule has 0 amide bonds. The third-order valence-corrected chi connectivity index (χ3v) is 3.73. The van der Waals surface area contributed by atoms with E-state index in [0.717, 1.165) is 28.5 Å². The van der Waals surface area contributed by atoms with Crippen molar-refractivity contribution < 1.29 is 4.42 Å². The van der Waals surface area contributed by atoms with Crippen LogP contribution in [0.1, 0.15) is 22.9 Å². The van der Waals surface area contributed by atoms with E-state index < -0.39 is 0 Å². The molecule has 1 aromatic heterocycles. The average molecular weight is 279 g/mol. The molecule has 3 nitrogen and oxygen atoms in total. The Bertz CT molecular complexity index is 525. The molecule has 0 aliphatic carbocycles. The van der Waals surface area contributed by atoms with Crippen LogP contribution < -0.4 is 5.73 Å². The molecule has 0 bridgehead atoms. The lowest BCUT2D eigenvalue weighted by Gasteiger charge is -2.26. The van der Waals surface area contributed by atoms with Gasteiger partial charge in [-0.1, -0.05) is 23.7 Å². The highest BCUT2D eigenvalue weighted by molar-refractivity contribution is 6.31. The van der Waals surface area contributed by atoms with E-state index in [1.54, 1.807) is 6.26 Å². The number of nitrogens with two attached hydrogens (primary N) is 1. The normalized spacial score (nSPS) is 12.9. The second kappa shape index (κ2) is 6.24. The topological polar surface area (TPSA) is 42.4 Å². The van der Waals surface area contributed by atoms with Crippen LogP contribution >= 0.6 is 11.6 Å². The van der Waals surface area contributed by atoms with Crippen LogP contribution in [0.15, 0.2) is 41.0 Å². The molecule has 1 heterocycles. The summed E-state index contributed by atoms with van der Waals surface area (Å²) in [5.41, 5.74) is 8.12. The predicted octanol–water partition coefficient (Wildman–Crippen LogP) is 3.37. The van der Waals surface area contributed by atoms with Gasteiger partial charge in [0.05, 0.1) is 12.8 Å². The van der Waals surface area contributed by atoms with Gasteiger partial charge in [-0.15, -0.1) is 0 Å². The molecular weight excluding hydrogens is 260 g/mol. The quantitative estimate of drug-likeness (QED) is 0.912. The Morgan fingerprint density at radius 1 is 1.37 bits per heavy atom. The van der Waals surface area contributed by atoms with Crippen LogP contribution in [0, 0.1) is 6.92 Å². The van der Waals surface area contributed by atoms with E-state index in [-0.39, 0.29) is 6.04 Å². The standard InChI is InChI=1S/C15H19ClN2O/c1-11-5-6-12(8-14(11)16)15(9-17)18(2)10-13-4-3-7-19-13/h3-8,15H,9-10,17H2,1-2H3. The molecule has 4 heteroatoms. The number of rotatable bonds is 5. The largest absolute Gasteiger partial charge is 0.468 e. The molecule has 1 atom stereocenters. The van der Waals surface area contributed by atoms with Crippen LogP contribution in [-0.4, -0.2) is 18.5 Å². The summed E-state index contributed by atoms with van der Waals surface area (Å²) in [6, 6.07) is 10.1. The first-order chi connectivity index (χ1) is 9.11. The number of furan rings is 1. The molecule has 102 valence electrons. The van der Waals surface area contributed by atoms with Crippen LogP contribution in [0.3, 0.4) is 0 Å². The SMILES string of the molecule is Cc1ccc(C(CN)N(C)Cc2ccco2)cc1Cl. The number of hydrogen-bond acceptors (Lipinski definition) is 3. The van der Waals surface area contributed by atoms with Gasteiger partial charge in [-0.2, -0.15) is 0 Å². The highest BCUT2D eigenvalue weighted by atomic mass is 35.5. The Kier molecular flexibility index (Phi) is 4.64. The molecule has 1 unspecified atom stereocenters. The van der Waals surface area contributed by atoms with Crippen LogP contribution in [0.5, 0.6) is 0 Å². The highest BCUT2D eigenvalue weighted by Gasteiger charge is 2.17. The van der Waals surface area contributed by atoms with Gasteiger partial charge in [0.25, 0.3) is 0 Å². The minimum atomic E-state index is 0.128. The van der Waals surface area contributed by atoms with Gasteiger partial charge in [-0.05, 0) is 43.3 Å². The van der Waals surface area contributed by atoms with E-state index in [1.807, 2.05) is 38.2 Å². The molecule has 2 N–H and O–H groups in total. The van der Waals surface area contributed by atoms with Crippen LogP contribution in [0.2, 0.25) is 5.02 Å². The fourth-order valence-electron chi connectivity index (χ4n) is 2.15. The van der Waals surface area contributed by atoms with E-state index in [9.17, 15) is 0 Å². The maximum Gasteiger partial charge on any atom is 0.117 e. The van der Waals surface area contributed by atoms with Crippen molar-refractivity contribution in [1.82, 2.24) is 4.90 Å². The van der Waals surface area contributed by atoms with Crippen molar-refractivity contribution in [1.29, 1.82) is 0 Å². The molecule has 0 radical (unpaired) electrons. The summed E-state index contributed by atoms with van der Waals surface area (Å²) in [6.45, 7) is 3.26. The fourth-order valence-corrected chi connectivity index (χ4v) is 2.33. The van der Waals surface area contributed by atoms with Crippen LogP contribution in [0.25, 0.3) is 0 Å². The number of halogens is 1. The molecule has 2 aromatic rings. The van der Waals surface area contributed by atoms with Crippen LogP contribution in [0.4, 0.5) is 0 Å². The van der Waals surface area contributed by atoms with Crippen molar-refractivity contribution in [3.05, 3.63) is 58.5 Å². The van der Waals surface area contributed by atoms with Gasteiger partial charge in [0, 0.05) is 17.6 Å². The summed E-state index contributed by atoms with van der Waals surface area (Å²) in [5.74, 6) is 0.930. The summed E-state index contributed by atoms with van der Waals surface area (Å²) in [4.78, 5) is 2.17. The van der Waals surface area contributed by atoms with E-state index in [4.69, 9.17) is 21.8 Å². The molecule has 19 heavy (non-hydrogen) atoms. The Balaban J connectivity index is 2.16. The highest BCUT2D eigenvalue weighted by Crippen LogP contribution is 2.25. The molecule has 0 aliphatic heterocycles. The first kappa shape index (κ1) is 14.1. The van der Waals surface area contributed by atoms with Gasteiger partial charge in [0.1, 0.15) is 5.76 Å². The van der Waals surface area contributed by atoms with Gasteiger partial charge in [0.15, 0.2) is 0 Å². The Morgan fingerprint density at radius 3 is 2.74 bits per heavy atom. The summed E-state index contributed by atoms with van der Waals surface area (Å²) >= 11 is 6.18. The van der Waals surface area contributed by atoms with Crippen molar-refractivity contribution in [2.75, 3.05) is 13.6 Å². The molecular formula is C15H19ClN2O. The van der Waals surface area contributed by atoms with Crippen molar-refractivity contribution in [3.8, 4) is 0 Å². The first-order valence-corrected chi connectivity index (χ1v) is 6.68. The van der Waals surface area contributed by atoms with Gasteiger partial charge in [0.2, 0.25) is 0 Å². The summed E-state index contributed by atoms with van der Waals surface area (Å²) in [7, 11) is 2.04. The van der Waals surface area contributed by atoms with Crippen molar-refractivity contribution >= 4 is 11.6 Å². The first-order valence-electron chi connectivity index (χ1n) is 6.30. The minimum absolute atomic E-state index is 0.128. The summed E-state index contributed by atoms with van der Waals surface area (Å²) in [6.07, 6.45) is 1.68. The second-order valence-corrected chi connectivity index (χ2v) is 5.16. The Hall–Kier alpha value is -1.29. The number of nitrogens with zero attached hydrogens (tertiary/aromatic N) is 1. The van der Waals surface area contributed by atoms with Gasteiger partial charge >= 0.3 is 0 Å². The average Bonchev–Trinajstić information content (AvgIpc) is 2.87. The molecule has 0 spiro atoms. The van der Waals surface area contributed by atoms with Crippen molar-refractivity contribution in [3.63, 3.8) is 0 Å². The number of hydrogen-bond donors (Lipinski definition) is 1. The van der Waals surface area contributed by atoms with E-state index >= 15 is 0 Å². The summed E-state index contributed by atoms with van der Waals surface area (Å²) < 4.78 is 5.37. The molecule has 0 fully saturated rings. The monoisotopic (exact) mass is 278 g/mol. The molecule has 1 aromatic carbocycles. The third kappa shape index (κ3) is 3.38. The lowest BCUT2D eigenvalue weighted by molar-refractivity contribution is 0.223. The van der Waals surface area contributed by atoms with E-state index in [1.165, 1.54) is 0 Å². The maximum atomic E-state index is 6.18. The number of aryl methyl sites for hydroxylation is 1. The zero-order valence-corrected chi connectivity index (χ0v) is 12.0. The van der Waals surface area contributed by atoms with E-state index in [0.29, 0.717) is 6.54 Å². The fraction of sp³-hybridized carbons (Fsp3) is 0.333. The lowest BCUT2D eigenvalue weighted by atomic mass is 10.0. The van der Waals surface area contributed by atoms with Crippen molar-refractivity contribution in [2.24, 2.45) is 5.73 Å².